The Morgan fingerprint density at radius 3 is 2.59 bits per heavy atom. The van der Waals surface area contributed by atoms with Gasteiger partial charge in [-0.25, -0.2) is 4.39 Å². The lowest BCUT2D eigenvalue weighted by molar-refractivity contribution is 0.296. The first-order valence-corrected chi connectivity index (χ1v) is 5.99. The highest BCUT2D eigenvalue weighted by Gasteiger charge is 2.44. The van der Waals surface area contributed by atoms with Gasteiger partial charge in [-0.05, 0) is 41.4 Å². The van der Waals surface area contributed by atoms with E-state index in [-0.39, 0.29) is 5.46 Å². The third kappa shape index (κ3) is 2.36. The first kappa shape index (κ1) is 11.2. The van der Waals surface area contributed by atoms with Gasteiger partial charge in [0.05, 0.1) is 0 Å². The highest BCUT2D eigenvalue weighted by atomic mass is 19.1. The zero-order valence-corrected chi connectivity index (χ0v) is 9.51. The minimum Gasteiger partial charge on any atom is -0.423 e. The van der Waals surface area contributed by atoms with Crippen molar-refractivity contribution in [1.29, 1.82) is 0 Å². The van der Waals surface area contributed by atoms with Crippen molar-refractivity contribution in [1.82, 2.24) is 4.90 Å². The second-order valence-electron chi connectivity index (χ2n) is 5.22. The van der Waals surface area contributed by atoms with E-state index < -0.39 is 12.9 Å². The number of hydrogen-bond donors (Lipinski definition) is 2. The van der Waals surface area contributed by atoms with E-state index in [1.165, 1.54) is 12.5 Å². The van der Waals surface area contributed by atoms with E-state index in [1.54, 1.807) is 6.07 Å². The lowest BCUT2D eigenvalue weighted by Crippen LogP contribution is -2.31. The second-order valence-corrected chi connectivity index (χ2v) is 5.22. The average Bonchev–Trinajstić information content (AvgIpc) is 2.85. The Hall–Kier alpha value is -0.905. The molecule has 0 amide bonds. The first-order valence-electron chi connectivity index (χ1n) is 5.99. The van der Waals surface area contributed by atoms with Gasteiger partial charge in [0.1, 0.15) is 5.82 Å². The minimum absolute atomic E-state index is 0.226. The molecular formula is C12H15BFNO2. The summed E-state index contributed by atoms with van der Waals surface area (Å²) in [5.74, 6) is 1.30. The molecule has 17 heavy (non-hydrogen) atoms. The Bertz CT molecular complexity index is 431. The fourth-order valence-corrected chi connectivity index (χ4v) is 2.80. The van der Waals surface area contributed by atoms with Crippen LogP contribution in [0.15, 0.2) is 18.2 Å². The van der Waals surface area contributed by atoms with Crippen LogP contribution in [0.25, 0.3) is 0 Å². The Kier molecular flexibility index (Phi) is 2.69. The topological polar surface area (TPSA) is 43.7 Å². The predicted octanol–water partition coefficient (Wildman–Crippen LogP) is -0.0428. The van der Waals surface area contributed by atoms with Crippen LogP contribution in [0, 0.1) is 17.7 Å². The zero-order chi connectivity index (χ0) is 12.0. The van der Waals surface area contributed by atoms with Gasteiger partial charge in [0.2, 0.25) is 0 Å². The number of hydrogen-bond acceptors (Lipinski definition) is 3. The van der Waals surface area contributed by atoms with E-state index >= 15 is 0 Å². The van der Waals surface area contributed by atoms with Gasteiger partial charge in [-0.3, -0.25) is 4.90 Å². The lowest BCUT2D eigenvalue weighted by atomic mass is 9.79. The fraction of sp³-hybridized carbons (Fsp3) is 0.500. The Morgan fingerprint density at radius 2 is 1.94 bits per heavy atom. The molecule has 2 unspecified atom stereocenters. The van der Waals surface area contributed by atoms with Gasteiger partial charge in [0, 0.05) is 19.6 Å². The summed E-state index contributed by atoms with van der Waals surface area (Å²) in [7, 11) is -1.60. The van der Waals surface area contributed by atoms with Gasteiger partial charge in [-0.1, -0.05) is 6.07 Å². The molecule has 0 aromatic heterocycles. The largest absolute Gasteiger partial charge is 0.488 e. The summed E-state index contributed by atoms with van der Waals surface area (Å²) in [6, 6.07) is 4.29. The van der Waals surface area contributed by atoms with E-state index in [2.05, 4.69) is 4.90 Å². The maximum atomic E-state index is 13.3. The molecule has 0 bridgehead atoms. The molecular weight excluding hydrogens is 220 g/mol. The summed E-state index contributed by atoms with van der Waals surface area (Å²) in [5, 5.41) is 18.1. The average molecular weight is 235 g/mol. The van der Waals surface area contributed by atoms with Crippen LogP contribution < -0.4 is 5.46 Å². The maximum Gasteiger partial charge on any atom is 0.488 e. The monoisotopic (exact) mass is 235 g/mol. The zero-order valence-electron chi connectivity index (χ0n) is 9.51. The molecule has 3 nitrogen and oxygen atoms in total. The number of benzene rings is 1. The van der Waals surface area contributed by atoms with Crippen molar-refractivity contribution in [2.75, 3.05) is 13.1 Å². The van der Waals surface area contributed by atoms with Crippen LogP contribution in [-0.2, 0) is 6.54 Å². The normalized spacial score (nSPS) is 27.0. The van der Waals surface area contributed by atoms with Crippen LogP contribution in [0.4, 0.5) is 4.39 Å². The van der Waals surface area contributed by atoms with Gasteiger partial charge in [-0.2, -0.15) is 0 Å². The molecule has 2 N–H and O–H groups in total. The standard InChI is InChI=1S/C12H15BFNO2/c14-12-2-8(1-11(4-12)13(16)17)5-15-6-9-3-10(9)7-15/h1-2,4,9-10,16-17H,3,5-7H2. The van der Waals surface area contributed by atoms with Gasteiger partial charge >= 0.3 is 7.12 Å². The van der Waals surface area contributed by atoms with Crippen molar-refractivity contribution in [3.05, 3.63) is 29.6 Å². The molecule has 90 valence electrons. The molecule has 0 radical (unpaired) electrons. The number of fused-ring (bicyclic) bond motifs is 1. The van der Waals surface area contributed by atoms with E-state index in [0.717, 1.165) is 36.6 Å². The number of likely N-dealkylation sites (tertiary alicyclic amines) is 1. The van der Waals surface area contributed by atoms with Crippen LogP contribution in [0.1, 0.15) is 12.0 Å². The molecule has 2 atom stereocenters. The minimum atomic E-state index is -1.60. The summed E-state index contributed by atoms with van der Waals surface area (Å²) >= 11 is 0. The Labute approximate surface area is 100 Å². The van der Waals surface area contributed by atoms with Crippen molar-refractivity contribution in [2.45, 2.75) is 13.0 Å². The number of halogens is 1. The van der Waals surface area contributed by atoms with Crippen LogP contribution >= 0.6 is 0 Å². The van der Waals surface area contributed by atoms with Crippen molar-refractivity contribution < 1.29 is 14.4 Å². The molecule has 1 heterocycles. The van der Waals surface area contributed by atoms with Crippen LogP contribution in [0.5, 0.6) is 0 Å². The highest BCUT2D eigenvalue weighted by Crippen LogP contribution is 2.45. The molecule has 0 spiro atoms. The number of rotatable bonds is 3. The molecule has 1 aliphatic carbocycles. The Balaban J connectivity index is 1.73. The first-order chi connectivity index (χ1) is 8.11. The summed E-state index contributed by atoms with van der Waals surface area (Å²) in [6.45, 7) is 2.89. The molecule has 1 saturated carbocycles. The van der Waals surface area contributed by atoms with E-state index in [9.17, 15) is 4.39 Å². The van der Waals surface area contributed by atoms with Crippen LogP contribution in [0.2, 0.25) is 0 Å². The summed E-state index contributed by atoms with van der Waals surface area (Å²) in [4.78, 5) is 2.31. The van der Waals surface area contributed by atoms with Crippen LogP contribution in [-0.4, -0.2) is 35.2 Å². The molecule has 2 aliphatic rings. The van der Waals surface area contributed by atoms with Crippen molar-refractivity contribution in [3.63, 3.8) is 0 Å². The third-order valence-electron chi connectivity index (χ3n) is 3.74. The predicted molar refractivity (Wildman–Crippen MR) is 63.1 cm³/mol. The second kappa shape index (κ2) is 4.08. The molecule has 1 aromatic rings. The molecule has 3 rings (SSSR count). The molecule has 1 aromatic carbocycles. The molecule has 2 fully saturated rings. The van der Waals surface area contributed by atoms with Gasteiger partial charge in [-0.15, -0.1) is 0 Å². The SMILES string of the molecule is OB(O)c1cc(F)cc(CN2CC3CC3C2)c1. The van der Waals surface area contributed by atoms with E-state index in [4.69, 9.17) is 10.0 Å². The van der Waals surface area contributed by atoms with Crippen molar-refractivity contribution in [3.8, 4) is 0 Å². The van der Waals surface area contributed by atoms with Gasteiger partial charge in [0.25, 0.3) is 0 Å². The number of nitrogens with zero attached hydrogens (tertiary/aromatic N) is 1. The van der Waals surface area contributed by atoms with Crippen molar-refractivity contribution >= 4 is 12.6 Å². The lowest BCUT2D eigenvalue weighted by Gasteiger charge is -2.17. The van der Waals surface area contributed by atoms with E-state index in [0.29, 0.717) is 6.54 Å². The highest BCUT2D eigenvalue weighted by molar-refractivity contribution is 6.58. The van der Waals surface area contributed by atoms with Gasteiger partial charge in [0.15, 0.2) is 0 Å². The number of piperidine rings is 1. The molecule has 1 saturated heterocycles. The van der Waals surface area contributed by atoms with E-state index in [1.807, 2.05) is 0 Å². The maximum absolute atomic E-state index is 13.3. The smallest absolute Gasteiger partial charge is 0.423 e. The summed E-state index contributed by atoms with van der Waals surface area (Å²) in [6.07, 6.45) is 1.35. The summed E-state index contributed by atoms with van der Waals surface area (Å²) in [5.41, 5.74) is 1.04. The Morgan fingerprint density at radius 1 is 1.24 bits per heavy atom. The third-order valence-corrected chi connectivity index (χ3v) is 3.74. The van der Waals surface area contributed by atoms with Crippen molar-refractivity contribution in [2.24, 2.45) is 11.8 Å². The van der Waals surface area contributed by atoms with Crippen LogP contribution in [0.3, 0.4) is 0 Å². The summed E-state index contributed by atoms with van der Waals surface area (Å²) < 4.78 is 13.3. The van der Waals surface area contributed by atoms with Gasteiger partial charge < -0.3 is 10.0 Å². The molecule has 5 heteroatoms. The fourth-order valence-electron chi connectivity index (χ4n) is 2.80. The molecule has 1 aliphatic heterocycles. The quantitative estimate of drug-likeness (QED) is 0.722.